The van der Waals surface area contributed by atoms with Gasteiger partial charge in [-0.25, -0.2) is 0 Å². The lowest BCUT2D eigenvalue weighted by atomic mass is 9.82. The third kappa shape index (κ3) is 4.67. The summed E-state index contributed by atoms with van der Waals surface area (Å²) in [5, 5.41) is 0. The minimum Gasteiger partial charge on any atom is -0.330 e. The first-order valence-electron chi connectivity index (χ1n) is 5.51. The van der Waals surface area contributed by atoms with Gasteiger partial charge in [-0.05, 0) is 38.1 Å². The Kier molecular flexibility index (Phi) is 7.69. The molecule has 0 amide bonds. The Morgan fingerprint density at radius 3 is 2.21 bits per heavy atom. The first-order valence-corrected chi connectivity index (χ1v) is 6.91. The Balaban J connectivity index is 4.01. The van der Waals surface area contributed by atoms with Crippen LogP contribution >= 0.6 is 11.8 Å². The van der Waals surface area contributed by atoms with E-state index in [9.17, 15) is 0 Å². The van der Waals surface area contributed by atoms with Crippen LogP contribution in [0.1, 0.15) is 26.7 Å². The van der Waals surface area contributed by atoms with Crippen molar-refractivity contribution in [1.82, 2.24) is 4.90 Å². The molecule has 0 saturated heterocycles. The van der Waals surface area contributed by atoms with Gasteiger partial charge < -0.3 is 10.6 Å². The second-order valence-corrected chi connectivity index (χ2v) is 5.13. The zero-order chi connectivity index (χ0) is 11.0. The molecule has 0 heterocycles. The molecule has 0 spiro atoms. The summed E-state index contributed by atoms with van der Waals surface area (Å²) in [5.74, 6) is 1.21. The molecular formula is C11H26N2S. The van der Waals surface area contributed by atoms with Crippen molar-refractivity contribution in [2.24, 2.45) is 11.1 Å². The van der Waals surface area contributed by atoms with Crippen LogP contribution in [0.25, 0.3) is 0 Å². The Morgan fingerprint density at radius 2 is 1.86 bits per heavy atom. The summed E-state index contributed by atoms with van der Waals surface area (Å²) in [6.45, 7) is 7.61. The molecular weight excluding hydrogens is 192 g/mol. The normalized spacial score (nSPS) is 12.4. The van der Waals surface area contributed by atoms with E-state index in [1.54, 1.807) is 0 Å². The fraction of sp³-hybridized carbons (Fsp3) is 1.00. The van der Waals surface area contributed by atoms with Gasteiger partial charge in [0.1, 0.15) is 0 Å². The van der Waals surface area contributed by atoms with E-state index in [2.05, 4.69) is 32.1 Å². The van der Waals surface area contributed by atoms with Gasteiger partial charge >= 0.3 is 0 Å². The molecule has 0 aliphatic heterocycles. The van der Waals surface area contributed by atoms with Crippen molar-refractivity contribution in [3.63, 3.8) is 0 Å². The van der Waals surface area contributed by atoms with Gasteiger partial charge in [0.05, 0.1) is 0 Å². The van der Waals surface area contributed by atoms with Crippen molar-refractivity contribution in [2.45, 2.75) is 26.7 Å². The molecule has 14 heavy (non-hydrogen) atoms. The van der Waals surface area contributed by atoms with Gasteiger partial charge in [0.15, 0.2) is 0 Å². The highest BCUT2D eigenvalue weighted by Crippen LogP contribution is 2.25. The number of nitrogens with zero attached hydrogens (tertiary/aromatic N) is 1. The molecule has 0 aliphatic rings. The molecule has 0 aliphatic carbocycles. The number of rotatable bonds is 8. The molecule has 0 aromatic carbocycles. The predicted molar refractivity (Wildman–Crippen MR) is 67.9 cm³/mol. The average Bonchev–Trinajstić information content (AvgIpc) is 2.23. The van der Waals surface area contributed by atoms with Crippen LogP contribution in [-0.2, 0) is 0 Å². The highest BCUT2D eigenvalue weighted by molar-refractivity contribution is 7.98. The van der Waals surface area contributed by atoms with Crippen LogP contribution in [-0.4, -0.2) is 43.6 Å². The minimum absolute atomic E-state index is 0.340. The summed E-state index contributed by atoms with van der Waals surface area (Å²) in [6, 6.07) is 0. The quantitative estimate of drug-likeness (QED) is 0.676. The molecule has 2 nitrogen and oxygen atoms in total. The summed E-state index contributed by atoms with van der Waals surface area (Å²) in [7, 11) is 2.20. The Hall–Kier alpha value is 0.270. The second kappa shape index (κ2) is 7.55. The molecule has 0 fully saturated rings. The van der Waals surface area contributed by atoms with Gasteiger partial charge in [0.2, 0.25) is 0 Å². The summed E-state index contributed by atoms with van der Waals surface area (Å²) in [6.07, 6.45) is 4.52. The summed E-state index contributed by atoms with van der Waals surface area (Å²) >= 11 is 1.91. The highest BCUT2D eigenvalue weighted by atomic mass is 32.2. The van der Waals surface area contributed by atoms with Gasteiger partial charge in [-0.1, -0.05) is 13.8 Å². The van der Waals surface area contributed by atoms with Crippen molar-refractivity contribution in [3.8, 4) is 0 Å². The number of hydrogen-bond acceptors (Lipinski definition) is 3. The monoisotopic (exact) mass is 218 g/mol. The van der Waals surface area contributed by atoms with E-state index in [0.29, 0.717) is 5.41 Å². The van der Waals surface area contributed by atoms with E-state index < -0.39 is 0 Å². The van der Waals surface area contributed by atoms with Crippen molar-refractivity contribution in [3.05, 3.63) is 0 Å². The van der Waals surface area contributed by atoms with Gasteiger partial charge in [0.25, 0.3) is 0 Å². The van der Waals surface area contributed by atoms with E-state index in [1.807, 2.05) is 11.8 Å². The molecule has 0 saturated carbocycles. The Bertz CT molecular complexity index is 127. The number of hydrogen-bond donors (Lipinski definition) is 1. The molecule has 0 radical (unpaired) electrons. The maximum absolute atomic E-state index is 5.87. The molecule has 0 aromatic heterocycles. The fourth-order valence-electron chi connectivity index (χ4n) is 1.73. The lowest BCUT2D eigenvalue weighted by Gasteiger charge is -2.34. The smallest absolute Gasteiger partial charge is 0.00694 e. The van der Waals surface area contributed by atoms with Gasteiger partial charge in [-0.2, -0.15) is 11.8 Å². The highest BCUT2D eigenvalue weighted by Gasteiger charge is 2.25. The van der Waals surface area contributed by atoms with E-state index >= 15 is 0 Å². The second-order valence-electron chi connectivity index (χ2n) is 4.14. The zero-order valence-electron chi connectivity index (χ0n) is 10.2. The standard InChI is InChI=1S/C11H26N2S/c1-5-11(6-2,9-12)10-13(3)7-8-14-4/h5-10,12H2,1-4H3. The summed E-state index contributed by atoms with van der Waals surface area (Å²) < 4.78 is 0. The Morgan fingerprint density at radius 1 is 1.29 bits per heavy atom. The molecule has 0 unspecified atom stereocenters. The molecule has 3 heteroatoms. The SMILES string of the molecule is CCC(CC)(CN)CN(C)CCSC. The zero-order valence-corrected chi connectivity index (χ0v) is 11.0. The van der Waals surface area contributed by atoms with E-state index in [1.165, 1.54) is 25.1 Å². The summed E-state index contributed by atoms with van der Waals surface area (Å²) in [4.78, 5) is 2.41. The third-order valence-electron chi connectivity index (χ3n) is 3.22. The molecule has 0 aromatic rings. The largest absolute Gasteiger partial charge is 0.330 e. The molecule has 86 valence electrons. The third-order valence-corrected chi connectivity index (χ3v) is 3.81. The minimum atomic E-state index is 0.340. The number of nitrogens with two attached hydrogens (primary N) is 1. The molecule has 0 rings (SSSR count). The van der Waals surface area contributed by atoms with E-state index in [-0.39, 0.29) is 0 Å². The van der Waals surface area contributed by atoms with Gasteiger partial charge in [-0.15, -0.1) is 0 Å². The first-order chi connectivity index (χ1) is 6.64. The number of thioether (sulfide) groups is 1. The van der Waals surface area contributed by atoms with Gasteiger partial charge in [-0.3, -0.25) is 0 Å². The fourth-order valence-corrected chi connectivity index (χ4v) is 2.22. The predicted octanol–water partition coefficient (Wildman–Crippen LogP) is 2.05. The first kappa shape index (κ1) is 14.3. The van der Waals surface area contributed by atoms with Crippen molar-refractivity contribution >= 4 is 11.8 Å². The van der Waals surface area contributed by atoms with Crippen LogP contribution < -0.4 is 5.73 Å². The Labute approximate surface area is 93.6 Å². The van der Waals surface area contributed by atoms with Crippen LogP contribution in [0.3, 0.4) is 0 Å². The average molecular weight is 218 g/mol. The van der Waals surface area contributed by atoms with Crippen LogP contribution in [0.5, 0.6) is 0 Å². The van der Waals surface area contributed by atoms with Crippen LogP contribution in [0.15, 0.2) is 0 Å². The lowest BCUT2D eigenvalue weighted by Crippen LogP contribution is -2.41. The van der Waals surface area contributed by atoms with Crippen LogP contribution in [0.4, 0.5) is 0 Å². The van der Waals surface area contributed by atoms with E-state index in [4.69, 9.17) is 5.73 Å². The maximum atomic E-state index is 5.87. The topological polar surface area (TPSA) is 29.3 Å². The van der Waals surface area contributed by atoms with Crippen LogP contribution in [0, 0.1) is 5.41 Å². The summed E-state index contributed by atoms with van der Waals surface area (Å²) in [5.41, 5.74) is 6.21. The van der Waals surface area contributed by atoms with E-state index in [0.717, 1.165) is 13.1 Å². The van der Waals surface area contributed by atoms with Gasteiger partial charge in [0, 0.05) is 18.8 Å². The maximum Gasteiger partial charge on any atom is 0.00694 e. The van der Waals surface area contributed by atoms with Crippen molar-refractivity contribution in [1.29, 1.82) is 0 Å². The lowest BCUT2D eigenvalue weighted by molar-refractivity contribution is 0.173. The van der Waals surface area contributed by atoms with Crippen molar-refractivity contribution in [2.75, 3.05) is 38.7 Å². The molecule has 2 N–H and O–H groups in total. The molecule has 0 atom stereocenters. The van der Waals surface area contributed by atoms with Crippen molar-refractivity contribution < 1.29 is 0 Å². The molecule has 0 bridgehead atoms. The van der Waals surface area contributed by atoms with Crippen LogP contribution in [0.2, 0.25) is 0 Å².